The Morgan fingerprint density at radius 1 is 1.03 bits per heavy atom. The van der Waals surface area contributed by atoms with E-state index in [4.69, 9.17) is 46.4 Å². The van der Waals surface area contributed by atoms with Crippen LogP contribution in [-0.4, -0.2) is 74.0 Å². The second-order valence-electron chi connectivity index (χ2n) is 9.64. The lowest BCUT2D eigenvalue weighted by atomic mass is 9.77. The van der Waals surface area contributed by atoms with Crippen LogP contribution >= 0.6 is 46.4 Å². The number of carbonyl (C=O) groups excluding carboxylic acids is 1. The van der Waals surface area contributed by atoms with E-state index in [1.54, 1.807) is 36.2 Å². The molecule has 1 aliphatic heterocycles. The second kappa shape index (κ2) is 11.8. The summed E-state index contributed by atoms with van der Waals surface area (Å²) in [6.45, 7) is 6.41. The summed E-state index contributed by atoms with van der Waals surface area (Å²) < 4.78 is 25.6. The minimum absolute atomic E-state index is 0.0743. The summed E-state index contributed by atoms with van der Waals surface area (Å²) in [7, 11) is -1.50. The second-order valence-corrected chi connectivity index (χ2v) is 13.2. The van der Waals surface area contributed by atoms with Crippen molar-refractivity contribution in [3.05, 3.63) is 67.6 Å². The van der Waals surface area contributed by atoms with Crippen molar-refractivity contribution in [2.24, 2.45) is 0 Å². The molecule has 1 fully saturated rings. The van der Waals surface area contributed by atoms with E-state index in [9.17, 15) is 13.2 Å². The van der Waals surface area contributed by atoms with E-state index in [2.05, 4.69) is 4.90 Å². The van der Waals surface area contributed by atoms with Crippen LogP contribution in [0.15, 0.2) is 36.4 Å². The van der Waals surface area contributed by atoms with Crippen LogP contribution < -0.4 is 0 Å². The number of carbonyl (C=O) groups is 1. The van der Waals surface area contributed by atoms with Gasteiger partial charge in [-0.05, 0) is 62.2 Å². The van der Waals surface area contributed by atoms with Gasteiger partial charge in [-0.2, -0.15) is 4.31 Å². The molecule has 0 N–H and O–H groups in total. The van der Waals surface area contributed by atoms with E-state index >= 15 is 0 Å². The van der Waals surface area contributed by atoms with Gasteiger partial charge in [-0.3, -0.25) is 4.79 Å². The van der Waals surface area contributed by atoms with E-state index in [0.717, 1.165) is 11.1 Å². The summed E-state index contributed by atoms with van der Waals surface area (Å²) in [6.07, 6.45) is 1.75. The molecule has 1 aliphatic rings. The van der Waals surface area contributed by atoms with Gasteiger partial charge in [0.25, 0.3) is 0 Å². The van der Waals surface area contributed by atoms with Gasteiger partial charge in [-0.15, -0.1) is 0 Å². The van der Waals surface area contributed by atoms with Crippen molar-refractivity contribution in [1.29, 1.82) is 0 Å². The molecule has 0 bridgehead atoms. The maximum Gasteiger partial charge on any atom is 0.233 e. The highest BCUT2D eigenvalue weighted by Crippen LogP contribution is 2.35. The Morgan fingerprint density at radius 3 is 2.19 bits per heavy atom. The molecule has 0 aromatic heterocycles. The average Bonchev–Trinajstić information content (AvgIpc) is 2.80. The summed E-state index contributed by atoms with van der Waals surface area (Å²) in [5.41, 5.74) is 0.740. The molecule has 2 aromatic carbocycles. The number of rotatable bonds is 8. The fraction of sp³-hybridized carbons (Fsp3) is 0.480. The Bertz CT molecular complexity index is 1230. The zero-order valence-electron chi connectivity index (χ0n) is 20.8. The molecule has 0 aliphatic carbocycles. The third-order valence-corrected chi connectivity index (χ3v) is 9.66. The minimum atomic E-state index is -3.25. The fourth-order valence-corrected chi connectivity index (χ4v) is 6.47. The first-order chi connectivity index (χ1) is 16.7. The molecule has 36 heavy (non-hydrogen) atoms. The number of likely N-dealkylation sites (N-methyl/N-ethyl adjacent to an activating group) is 1. The molecule has 0 saturated carbocycles. The first-order valence-electron chi connectivity index (χ1n) is 11.6. The van der Waals surface area contributed by atoms with Crippen molar-refractivity contribution >= 4 is 62.3 Å². The van der Waals surface area contributed by atoms with Gasteiger partial charge < -0.3 is 9.80 Å². The summed E-state index contributed by atoms with van der Waals surface area (Å²) >= 11 is 24.7. The Balaban J connectivity index is 1.82. The number of sulfonamides is 1. The highest BCUT2D eigenvalue weighted by Gasteiger charge is 2.39. The maximum atomic E-state index is 13.9. The van der Waals surface area contributed by atoms with E-state index < -0.39 is 15.4 Å². The molecular weight excluding hydrogens is 564 g/mol. The van der Waals surface area contributed by atoms with Gasteiger partial charge in [0.05, 0.1) is 31.8 Å². The molecule has 2 aromatic rings. The quantitative estimate of drug-likeness (QED) is 0.401. The fourth-order valence-electron chi connectivity index (χ4n) is 4.71. The third-order valence-electron chi connectivity index (χ3n) is 6.78. The normalized spacial score (nSPS) is 19.2. The van der Waals surface area contributed by atoms with E-state index in [0.29, 0.717) is 59.2 Å². The van der Waals surface area contributed by atoms with Crippen molar-refractivity contribution in [3.8, 4) is 0 Å². The average molecular weight is 595 g/mol. The molecule has 1 heterocycles. The number of hydrogen-bond donors (Lipinski definition) is 0. The summed E-state index contributed by atoms with van der Waals surface area (Å²) in [4.78, 5) is 17.8. The number of amides is 1. The van der Waals surface area contributed by atoms with Crippen LogP contribution in [0.3, 0.4) is 0 Å². The number of halogens is 4. The van der Waals surface area contributed by atoms with Crippen LogP contribution in [0.25, 0.3) is 0 Å². The van der Waals surface area contributed by atoms with Crippen molar-refractivity contribution in [3.63, 3.8) is 0 Å². The van der Waals surface area contributed by atoms with Crippen molar-refractivity contribution < 1.29 is 13.2 Å². The van der Waals surface area contributed by atoms with Crippen LogP contribution in [0.2, 0.25) is 20.1 Å². The van der Waals surface area contributed by atoms with Crippen molar-refractivity contribution in [2.75, 3.05) is 39.5 Å². The lowest BCUT2D eigenvalue weighted by molar-refractivity contribution is -0.136. The molecule has 2 atom stereocenters. The van der Waals surface area contributed by atoms with Gasteiger partial charge in [0.15, 0.2) is 0 Å². The third kappa shape index (κ3) is 6.87. The highest BCUT2D eigenvalue weighted by atomic mass is 35.5. The summed E-state index contributed by atoms with van der Waals surface area (Å²) in [5.74, 6) is -0.0743. The number of piperazine rings is 1. The molecule has 1 saturated heterocycles. The van der Waals surface area contributed by atoms with Crippen molar-refractivity contribution in [2.45, 2.75) is 38.3 Å². The molecule has 198 valence electrons. The Labute approximate surface area is 234 Å². The molecule has 0 radical (unpaired) electrons. The molecule has 1 amide bonds. The zero-order valence-corrected chi connectivity index (χ0v) is 24.6. The van der Waals surface area contributed by atoms with Gasteiger partial charge in [0.2, 0.25) is 15.9 Å². The number of hydrogen-bond acceptors (Lipinski definition) is 4. The molecule has 3 rings (SSSR count). The van der Waals surface area contributed by atoms with Crippen LogP contribution in [0.4, 0.5) is 0 Å². The van der Waals surface area contributed by atoms with Crippen LogP contribution in [0.5, 0.6) is 0 Å². The smallest absolute Gasteiger partial charge is 0.233 e. The van der Waals surface area contributed by atoms with Crippen LogP contribution in [0, 0.1) is 0 Å². The first kappa shape index (κ1) is 29.5. The largest absolute Gasteiger partial charge is 0.341 e. The van der Waals surface area contributed by atoms with Gasteiger partial charge in [-0.1, -0.05) is 58.5 Å². The van der Waals surface area contributed by atoms with Crippen LogP contribution in [0.1, 0.15) is 31.4 Å². The predicted octanol–water partition coefficient (Wildman–Crippen LogP) is 5.57. The maximum absolute atomic E-state index is 13.9. The monoisotopic (exact) mass is 593 g/mol. The van der Waals surface area contributed by atoms with Gasteiger partial charge in [-0.25, -0.2) is 8.42 Å². The van der Waals surface area contributed by atoms with E-state index in [-0.39, 0.29) is 11.9 Å². The first-order valence-corrected chi connectivity index (χ1v) is 14.9. The van der Waals surface area contributed by atoms with E-state index in [1.807, 2.05) is 26.0 Å². The molecule has 0 spiro atoms. The standard InChI is InChI=1S/C25H31Cl4N3O3S/c1-17-15-31(11-12-32(17)36(4,34)35)10-9-25(2,19-6-8-21(27)23(29)14-19)24(33)30(3)16-18-5-7-20(26)22(28)13-18/h5-8,13-14,17H,9-12,15-16H2,1-4H3. The van der Waals surface area contributed by atoms with E-state index in [1.165, 1.54) is 10.6 Å². The molecule has 2 unspecified atom stereocenters. The predicted molar refractivity (Wildman–Crippen MR) is 149 cm³/mol. The molecular formula is C25H31Cl4N3O3S. The molecule has 6 nitrogen and oxygen atoms in total. The number of benzene rings is 2. The lowest BCUT2D eigenvalue weighted by Gasteiger charge is -2.40. The van der Waals surface area contributed by atoms with Gasteiger partial charge in [0.1, 0.15) is 0 Å². The summed E-state index contributed by atoms with van der Waals surface area (Å²) in [5, 5.41) is 1.70. The van der Waals surface area contributed by atoms with Gasteiger partial charge in [0, 0.05) is 39.3 Å². The molecule has 11 heteroatoms. The minimum Gasteiger partial charge on any atom is -0.341 e. The highest BCUT2D eigenvalue weighted by molar-refractivity contribution is 7.88. The SMILES string of the molecule is CC1CN(CCC(C)(C(=O)N(C)Cc2ccc(Cl)c(Cl)c2)c2ccc(Cl)c(Cl)c2)CCN1S(C)(=O)=O. The Kier molecular flexibility index (Phi) is 9.64. The lowest BCUT2D eigenvalue weighted by Crippen LogP contribution is -2.54. The van der Waals surface area contributed by atoms with Crippen molar-refractivity contribution in [1.82, 2.24) is 14.1 Å². The summed E-state index contributed by atoms with van der Waals surface area (Å²) in [6, 6.07) is 10.5. The zero-order chi connectivity index (χ0) is 26.8. The Morgan fingerprint density at radius 2 is 1.64 bits per heavy atom. The topological polar surface area (TPSA) is 60.9 Å². The van der Waals surface area contributed by atoms with Crippen LogP contribution in [-0.2, 0) is 26.8 Å². The Hall–Kier alpha value is -1.06. The van der Waals surface area contributed by atoms with Gasteiger partial charge >= 0.3 is 0 Å². The number of nitrogens with zero attached hydrogens (tertiary/aromatic N) is 3.